The van der Waals surface area contributed by atoms with Gasteiger partial charge in [-0.25, -0.2) is 0 Å². The summed E-state index contributed by atoms with van der Waals surface area (Å²) in [7, 11) is 0. The lowest BCUT2D eigenvalue weighted by Crippen LogP contribution is -1.97. The first kappa shape index (κ1) is 10.7. The lowest BCUT2D eigenvalue weighted by Gasteiger charge is -1.95. The van der Waals surface area contributed by atoms with Gasteiger partial charge in [0.15, 0.2) is 11.5 Å². The molecule has 0 aliphatic heterocycles. The Bertz CT molecular complexity index is 315. The van der Waals surface area contributed by atoms with Crippen LogP contribution >= 0.6 is 0 Å². The van der Waals surface area contributed by atoms with E-state index in [1.807, 2.05) is 0 Å². The normalized spacial score (nSPS) is 10.1. The summed E-state index contributed by atoms with van der Waals surface area (Å²) < 4.78 is 5.22. The predicted molar refractivity (Wildman–Crippen MR) is 55.0 cm³/mol. The maximum Gasteiger partial charge on any atom is 0.198 e. The number of hydrogen-bond acceptors (Lipinski definition) is 3. The van der Waals surface area contributed by atoms with Crippen LogP contribution in [0, 0.1) is 0 Å². The van der Waals surface area contributed by atoms with Crippen molar-refractivity contribution in [2.24, 2.45) is 5.73 Å². The molecule has 0 unspecified atom stereocenters. The van der Waals surface area contributed by atoms with Crippen molar-refractivity contribution in [2.75, 3.05) is 0 Å². The van der Waals surface area contributed by atoms with Crippen molar-refractivity contribution < 1.29 is 9.21 Å². The molecule has 14 heavy (non-hydrogen) atoms. The van der Waals surface area contributed by atoms with Crippen molar-refractivity contribution in [1.82, 2.24) is 0 Å². The van der Waals surface area contributed by atoms with Gasteiger partial charge in [-0.05, 0) is 25.0 Å². The van der Waals surface area contributed by atoms with Crippen molar-refractivity contribution in [1.29, 1.82) is 0 Å². The summed E-state index contributed by atoms with van der Waals surface area (Å²) in [6, 6.07) is 3.42. The summed E-state index contributed by atoms with van der Waals surface area (Å²) in [6.45, 7) is 3.93. The molecular weight excluding hydrogens is 178 g/mol. The summed E-state index contributed by atoms with van der Waals surface area (Å²) >= 11 is 0. The average molecular weight is 193 g/mol. The molecule has 0 amide bonds. The molecule has 3 nitrogen and oxygen atoms in total. The lowest BCUT2D eigenvalue weighted by atomic mass is 10.1. The highest BCUT2D eigenvalue weighted by molar-refractivity contribution is 5.93. The molecule has 0 fully saturated rings. The number of nitrogens with two attached hydrogens (primary N) is 1. The summed E-state index contributed by atoms with van der Waals surface area (Å²) in [4.78, 5) is 11.5. The van der Waals surface area contributed by atoms with Crippen LogP contribution in [0.25, 0.3) is 0 Å². The van der Waals surface area contributed by atoms with Crippen LogP contribution in [-0.2, 0) is 6.54 Å². The monoisotopic (exact) mass is 193 g/mol. The minimum atomic E-state index is 0.0338. The molecule has 0 spiro atoms. The largest absolute Gasteiger partial charge is 0.457 e. The molecule has 1 aromatic heterocycles. The van der Waals surface area contributed by atoms with E-state index in [9.17, 15) is 4.79 Å². The fourth-order valence-electron chi connectivity index (χ4n) is 1.17. The Balaban J connectivity index is 2.47. The summed E-state index contributed by atoms with van der Waals surface area (Å²) in [5.74, 6) is 1.10. The smallest absolute Gasteiger partial charge is 0.198 e. The van der Waals surface area contributed by atoms with E-state index in [4.69, 9.17) is 10.2 Å². The van der Waals surface area contributed by atoms with Crippen LogP contribution < -0.4 is 5.73 Å². The maximum absolute atomic E-state index is 11.5. The van der Waals surface area contributed by atoms with Crippen LogP contribution in [0.2, 0.25) is 0 Å². The third kappa shape index (κ3) is 2.85. The number of carbonyl (C=O) groups is 1. The highest BCUT2D eigenvalue weighted by Crippen LogP contribution is 2.11. The Morgan fingerprint density at radius 3 is 2.93 bits per heavy atom. The number of allylic oxidation sites excluding steroid dienone is 1. The van der Waals surface area contributed by atoms with Gasteiger partial charge in [0.1, 0.15) is 5.76 Å². The number of hydrogen-bond donors (Lipinski definition) is 1. The van der Waals surface area contributed by atoms with Gasteiger partial charge in [0.05, 0.1) is 6.54 Å². The Morgan fingerprint density at radius 1 is 1.57 bits per heavy atom. The molecule has 76 valence electrons. The number of carbonyl (C=O) groups excluding carboxylic acids is 1. The van der Waals surface area contributed by atoms with Crippen molar-refractivity contribution in [3.63, 3.8) is 0 Å². The molecule has 0 radical (unpaired) electrons. The van der Waals surface area contributed by atoms with E-state index in [1.54, 1.807) is 18.2 Å². The number of ketones is 1. The second kappa shape index (κ2) is 5.40. The van der Waals surface area contributed by atoms with Crippen LogP contribution in [0.3, 0.4) is 0 Å². The van der Waals surface area contributed by atoms with Gasteiger partial charge in [-0.15, -0.1) is 6.58 Å². The van der Waals surface area contributed by atoms with Gasteiger partial charge in [-0.3, -0.25) is 4.79 Å². The van der Waals surface area contributed by atoms with Crippen molar-refractivity contribution in [3.05, 3.63) is 36.3 Å². The third-order valence-corrected chi connectivity index (χ3v) is 1.95. The molecular formula is C11H15NO2. The molecule has 0 atom stereocenters. The molecule has 1 aromatic rings. The highest BCUT2D eigenvalue weighted by Gasteiger charge is 2.09. The topological polar surface area (TPSA) is 56.2 Å². The first-order valence-electron chi connectivity index (χ1n) is 4.70. The number of furan rings is 1. The molecule has 0 aliphatic carbocycles. The average Bonchev–Trinajstić information content (AvgIpc) is 2.66. The van der Waals surface area contributed by atoms with E-state index < -0.39 is 0 Å². The van der Waals surface area contributed by atoms with E-state index in [0.29, 0.717) is 24.5 Å². The van der Waals surface area contributed by atoms with E-state index in [2.05, 4.69) is 6.58 Å². The molecule has 1 heterocycles. The molecule has 2 N–H and O–H groups in total. The van der Waals surface area contributed by atoms with Crippen LogP contribution in [0.1, 0.15) is 35.6 Å². The molecule has 0 bridgehead atoms. The first-order valence-corrected chi connectivity index (χ1v) is 4.70. The highest BCUT2D eigenvalue weighted by atomic mass is 16.3. The Labute approximate surface area is 83.6 Å². The summed E-state index contributed by atoms with van der Waals surface area (Å²) in [6.07, 6.45) is 3.99. The second-order valence-corrected chi connectivity index (χ2v) is 3.07. The quantitative estimate of drug-likeness (QED) is 0.428. The molecule has 0 aromatic carbocycles. The second-order valence-electron chi connectivity index (χ2n) is 3.07. The Kier molecular flexibility index (Phi) is 4.13. The SMILES string of the molecule is C=CCCCC(=O)c1ccc(CN)o1. The van der Waals surface area contributed by atoms with Crippen molar-refractivity contribution in [2.45, 2.75) is 25.8 Å². The zero-order chi connectivity index (χ0) is 10.4. The van der Waals surface area contributed by atoms with Gasteiger partial charge in [-0.2, -0.15) is 0 Å². The summed E-state index contributed by atoms with van der Waals surface area (Å²) in [5, 5.41) is 0. The van der Waals surface area contributed by atoms with Gasteiger partial charge >= 0.3 is 0 Å². The molecule has 3 heteroatoms. The minimum absolute atomic E-state index is 0.0338. The Morgan fingerprint density at radius 2 is 2.36 bits per heavy atom. The number of Topliss-reactive ketones (excluding diaryl/α,β-unsaturated/α-hetero) is 1. The molecule has 0 aliphatic rings. The van der Waals surface area contributed by atoms with E-state index in [0.717, 1.165) is 12.8 Å². The standard InChI is InChI=1S/C11H15NO2/c1-2-3-4-5-10(13)11-7-6-9(8-12)14-11/h2,6-7H,1,3-5,8,12H2. The van der Waals surface area contributed by atoms with E-state index in [-0.39, 0.29) is 5.78 Å². The molecule has 0 saturated heterocycles. The molecule has 1 rings (SSSR count). The minimum Gasteiger partial charge on any atom is -0.457 e. The number of rotatable bonds is 6. The van der Waals surface area contributed by atoms with Gasteiger partial charge in [-0.1, -0.05) is 6.08 Å². The van der Waals surface area contributed by atoms with Gasteiger partial charge in [0, 0.05) is 6.42 Å². The van der Waals surface area contributed by atoms with Crippen molar-refractivity contribution >= 4 is 5.78 Å². The first-order chi connectivity index (χ1) is 6.77. The van der Waals surface area contributed by atoms with Gasteiger partial charge in [0.25, 0.3) is 0 Å². The van der Waals surface area contributed by atoms with E-state index >= 15 is 0 Å². The zero-order valence-corrected chi connectivity index (χ0v) is 8.16. The van der Waals surface area contributed by atoms with Crippen LogP contribution in [-0.4, -0.2) is 5.78 Å². The lowest BCUT2D eigenvalue weighted by molar-refractivity contribution is 0.0952. The van der Waals surface area contributed by atoms with Crippen LogP contribution in [0.5, 0.6) is 0 Å². The van der Waals surface area contributed by atoms with Gasteiger partial charge in [0.2, 0.25) is 0 Å². The molecule has 0 saturated carbocycles. The fraction of sp³-hybridized carbons (Fsp3) is 0.364. The van der Waals surface area contributed by atoms with E-state index in [1.165, 1.54) is 0 Å². The van der Waals surface area contributed by atoms with Gasteiger partial charge < -0.3 is 10.2 Å². The predicted octanol–water partition coefficient (Wildman–Crippen LogP) is 2.28. The summed E-state index contributed by atoms with van der Waals surface area (Å²) in [5.41, 5.74) is 5.37. The number of unbranched alkanes of at least 4 members (excludes halogenated alkanes) is 1. The van der Waals surface area contributed by atoms with Crippen LogP contribution in [0.15, 0.2) is 29.2 Å². The third-order valence-electron chi connectivity index (χ3n) is 1.95. The Hall–Kier alpha value is -1.35. The maximum atomic E-state index is 11.5. The fourth-order valence-corrected chi connectivity index (χ4v) is 1.17. The zero-order valence-electron chi connectivity index (χ0n) is 8.16. The van der Waals surface area contributed by atoms with Crippen LogP contribution in [0.4, 0.5) is 0 Å². The van der Waals surface area contributed by atoms with Crippen molar-refractivity contribution in [3.8, 4) is 0 Å².